The van der Waals surface area contributed by atoms with E-state index < -0.39 is 17.7 Å². The van der Waals surface area contributed by atoms with E-state index in [4.69, 9.17) is 4.74 Å². The van der Waals surface area contributed by atoms with Crippen LogP contribution in [0.2, 0.25) is 0 Å². The summed E-state index contributed by atoms with van der Waals surface area (Å²) in [6, 6.07) is 0. The number of hydrogen-bond acceptors (Lipinski definition) is 4. The maximum atomic E-state index is 11.0. The predicted octanol–water partition coefficient (Wildman–Crippen LogP) is 2.35. The summed E-state index contributed by atoms with van der Waals surface area (Å²) >= 11 is 0. The monoisotopic (exact) mass is 235 g/mol. The molecule has 5 heteroatoms. The van der Waals surface area contributed by atoms with Crippen LogP contribution in [0.1, 0.15) is 43.0 Å². The van der Waals surface area contributed by atoms with Crippen molar-refractivity contribution in [3.05, 3.63) is 0 Å². The highest BCUT2D eigenvalue weighted by Crippen LogP contribution is 2.05. The Morgan fingerprint density at radius 2 is 1.75 bits per heavy atom. The highest BCUT2D eigenvalue weighted by atomic mass is 16.6. The van der Waals surface area contributed by atoms with Crippen LogP contribution in [-0.2, 0) is 14.3 Å². The van der Waals surface area contributed by atoms with Gasteiger partial charge in [0.05, 0.1) is 6.61 Å². The largest absolute Gasteiger partial charge is 0.465 e. The van der Waals surface area contributed by atoms with E-state index in [1.54, 1.807) is 27.7 Å². The maximum absolute atomic E-state index is 11.0. The van der Waals surface area contributed by atoms with Crippen molar-refractivity contribution in [1.82, 2.24) is 5.32 Å². The van der Waals surface area contributed by atoms with Gasteiger partial charge in [0.25, 0.3) is 0 Å². The maximum Gasteiger partial charge on any atom is 0.408 e. The van der Waals surface area contributed by atoms with Crippen molar-refractivity contribution in [2.24, 2.45) is 0 Å². The Hall–Kier alpha value is -1.26. The lowest BCUT2D eigenvalue weighted by Gasteiger charge is -2.19. The van der Waals surface area contributed by atoms with Gasteiger partial charge in [-0.2, -0.15) is 0 Å². The molecular weight excluding hydrogens is 210 g/mol. The Kier molecular flexibility index (Phi) is 9.65. The summed E-state index contributed by atoms with van der Waals surface area (Å²) in [4.78, 5) is 21.8. The summed E-state index contributed by atoms with van der Waals surface area (Å²) in [5.74, 6) is -0.474. The van der Waals surface area contributed by atoms with Gasteiger partial charge in [0.15, 0.2) is 0 Å². The topological polar surface area (TPSA) is 64.6 Å². The van der Waals surface area contributed by atoms with E-state index in [-0.39, 0.29) is 7.97 Å². The number of amides is 1. The van der Waals surface area contributed by atoms with E-state index >= 15 is 0 Å². The fraction of sp³-hybridized carbons (Fsp3) is 0.818. The van der Waals surface area contributed by atoms with Crippen LogP contribution < -0.4 is 5.32 Å². The van der Waals surface area contributed by atoms with E-state index in [9.17, 15) is 9.59 Å². The summed E-state index contributed by atoms with van der Waals surface area (Å²) in [6.07, 6.45) is -0.620. The average Bonchev–Trinajstić information content (AvgIpc) is 2.16. The lowest BCUT2D eigenvalue weighted by molar-refractivity contribution is -0.142. The van der Waals surface area contributed by atoms with Gasteiger partial charge in [0.1, 0.15) is 12.1 Å². The van der Waals surface area contributed by atoms with Crippen molar-refractivity contribution in [3.8, 4) is 0 Å². The smallest absolute Gasteiger partial charge is 0.408 e. The molecule has 0 unspecified atom stereocenters. The molecule has 1 N–H and O–H groups in total. The zero-order chi connectivity index (χ0) is 13.2. The van der Waals surface area contributed by atoms with Crippen molar-refractivity contribution in [1.29, 1.82) is 0 Å². The Labute approximate surface area is 99.0 Å². The molecule has 0 radical (unpaired) electrons. The van der Waals surface area contributed by atoms with E-state index in [0.717, 1.165) is 0 Å². The first-order chi connectivity index (χ1) is 7.35. The Balaban J connectivity index is -0.000000616. The molecule has 0 aromatic heterocycles. The number of rotatable bonds is 3. The minimum atomic E-state index is -0.620. The average molecular weight is 235 g/mol. The number of esters is 1. The summed E-state index contributed by atoms with van der Waals surface area (Å²) in [5, 5.41) is 2.29. The molecule has 0 spiro atoms. The molecule has 0 aliphatic carbocycles. The van der Waals surface area contributed by atoms with Crippen LogP contribution in [0.5, 0.6) is 0 Å². The van der Waals surface area contributed by atoms with Gasteiger partial charge in [-0.05, 0) is 27.7 Å². The summed E-state index contributed by atoms with van der Waals surface area (Å²) in [6.45, 7) is 11.1. The first-order valence-corrected chi connectivity index (χ1v) is 5.47. The number of carbonyl (C=O) groups is 2. The minimum absolute atomic E-state index is 0. The fourth-order valence-corrected chi connectivity index (χ4v) is 0.671. The van der Waals surface area contributed by atoms with Gasteiger partial charge >= 0.3 is 12.1 Å². The van der Waals surface area contributed by atoms with Gasteiger partial charge in [-0.1, -0.05) is 13.8 Å². The highest BCUT2D eigenvalue weighted by molar-refractivity contribution is 5.77. The molecule has 0 bridgehead atoms. The van der Waals surface area contributed by atoms with Crippen LogP contribution in [-0.4, -0.2) is 30.8 Å². The van der Waals surface area contributed by atoms with E-state index in [2.05, 4.69) is 10.1 Å². The van der Waals surface area contributed by atoms with E-state index in [0.29, 0.717) is 6.61 Å². The number of alkyl carbamates (subject to hydrolysis) is 1. The molecule has 0 aliphatic heterocycles. The zero-order valence-corrected chi connectivity index (χ0v) is 11.0. The molecule has 98 valence electrons. The molecule has 0 aromatic carbocycles. The summed E-state index contributed by atoms with van der Waals surface area (Å²) < 4.78 is 9.52. The second-order valence-corrected chi connectivity index (χ2v) is 3.66. The predicted molar refractivity (Wildman–Crippen MR) is 64.3 cm³/mol. The van der Waals surface area contributed by atoms with Crippen molar-refractivity contribution in [2.45, 2.75) is 47.1 Å². The third kappa shape index (κ3) is 12.7. The SMILES string of the molecule is CC.CCOC(=O)CNC(=O)OC(C)(C)C.[HH]. The molecule has 0 atom stereocenters. The molecule has 5 nitrogen and oxygen atoms in total. The van der Waals surface area contributed by atoms with Crippen molar-refractivity contribution >= 4 is 12.1 Å². The van der Waals surface area contributed by atoms with Crippen LogP contribution in [0, 0.1) is 0 Å². The van der Waals surface area contributed by atoms with Gasteiger partial charge in [-0.15, -0.1) is 0 Å². The molecule has 0 saturated heterocycles. The lowest BCUT2D eigenvalue weighted by Crippen LogP contribution is -2.36. The molecule has 0 aromatic rings. The summed E-state index contributed by atoms with van der Waals surface area (Å²) in [5.41, 5.74) is -0.557. The third-order valence-electron chi connectivity index (χ3n) is 1.08. The molecule has 0 aliphatic rings. The Morgan fingerprint density at radius 3 is 2.12 bits per heavy atom. The summed E-state index contributed by atoms with van der Waals surface area (Å²) in [7, 11) is 0. The van der Waals surface area contributed by atoms with Crippen molar-refractivity contribution in [3.63, 3.8) is 0 Å². The normalized spacial score (nSPS) is 9.62. The number of nitrogens with one attached hydrogen (secondary N) is 1. The van der Waals surface area contributed by atoms with Gasteiger partial charge in [0, 0.05) is 1.43 Å². The van der Waals surface area contributed by atoms with Crippen LogP contribution in [0.4, 0.5) is 4.79 Å². The minimum Gasteiger partial charge on any atom is -0.465 e. The molecule has 0 saturated carbocycles. The van der Waals surface area contributed by atoms with Gasteiger partial charge in [-0.3, -0.25) is 4.79 Å². The molecule has 1 amide bonds. The van der Waals surface area contributed by atoms with Crippen molar-refractivity contribution in [2.75, 3.05) is 13.2 Å². The molecule has 0 heterocycles. The van der Waals surface area contributed by atoms with E-state index in [1.807, 2.05) is 13.8 Å². The standard InChI is InChI=1S/C9H17NO4.C2H6.H2/c1-5-13-7(11)6-10-8(12)14-9(2,3)4;1-2;/h5-6H2,1-4H3,(H,10,12);1-2H3;1H. The first kappa shape index (κ1) is 17.1. The molecule has 0 fully saturated rings. The number of carbonyl (C=O) groups excluding carboxylic acids is 2. The van der Waals surface area contributed by atoms with E-state index in [1.165, 1.54) is 0 Å². The number of hydrogen-bond donors (Lipinski definition) is 1. The van der Waals surface area contributed by atoms with Gasteiger partial charge in [-0.25, -0.2) is 4.79 Å². The fourth-order valence-electron chi connectivity index (χ4n) is 0.671. The van der Waals surface area contributed by atoms with Gasteiger partial charge < -0.3 is 14.8 Å². The molecular formula is C11H25NO4. The second kappa shape index (κ2) is 9.00. The second-order valence-electron chi connectivity index (χ2n) is 3.66. The Bertz CT molecular complexity index is 214. The molecule has 16 heavy (non-hydrogen) atoms. The molecule has 0 rings (SSSR count). The van der Waals surface area contributed by atoms with Gasteiger partial charge in [0.2, 0.25) is 0 Å². The first-order valence-electron chi connectivity index (χ1n) is 5.47. The third-order valence-corrected chi connectivity index (χ3v) is 1.08. The van der Waals surface area contributed by atoms with Crippen LogP contribution >= 0.6 is 0 Å². The quantitative estimate of drug-likeness (QED) is 0.763. The van der Waals surface area contributed by atoms with Crippen LogP contribution in [0.25, 0.3) is 0 Å². The zero-order valence-electron chi connectivity index (χ0n) is 11.0. The van der Waals surface area contributed by atoms with Crippen LogP contribution in [0.15, 0.2) is 0 Å². The Morgan fingerprint density at radius 1 is 1.25 bits per heavy atom. The number of ether oxygens (including phenoxy) is 2. The van der Waals surface area contributed by atoms with Crippen molar-refractivity contribution < 1.29 is 20.5 Å². The highest BCUT2D eigenvalue weighted by Gasteiger charge is 2.16. The lowest BCUT2D eigenvalue weighted by atomic mass is 10.2. The van der Waals surface area contributed by atoms with Crippen LogP contribution in [0.3, 0.4) is 0 Å².